The lowest BCUT2D eigenvalue weighted by molar-refractivity contribution is -0.136. The third kappa shape index (κ3) is 4.01. The van der Waals surface area contributed by atoms with E-state index in [-0.39, 0.29) is 32.0 Å². The molecule has 9 heteroatoms. The van der Waals surface area contributed by atoms with E-state index in [1.807, 2.05) is 0 Å². The van der Waals surface area contributed by atoms with Crippen LogP contribution >= 0.6 is 11.6 Å². The highest BCUT2D eigenvalue weighted by Crippen LogP contribution is 2.36. The van der Waals surface area contributed by atoms with Gasteiger partial charge in [0.15, 0.2) is 17.2 Å². The number of nitrogens with zero attached hydrogens (tertiary/aromatic N) is 1. The topological polar surface area (TPSA) is 115 Å². The van der Waals surface area contributed by atoms with Crippen LogP contribution in [0.1, 0.15) is 18.4 Å². The molecule has 0 saturated carbocycles. The van der Waals surface area contributed by atoms with E-state index in [1.165, 1.54) is 0 Å². The zero-order valence-electron chi connectivity index (χ0n) is 11.2. The van der Waals surface area contributed by atoms with Crippen LogP contribution in [0.4, 0.5) is 0 Å². The van der Waals surface area contributed by atoms with Crippen LogP contribution in [0.5, 0.6) is 11.5 Å². The third-order valence-corrected chi connectivity index (χ3v) is 3.11. The number of oxime groups is 1. The number of carboxylic acid groups (broad SMARTS) is 2. The molecule has 22 heavy (non-hydrogen) atoms. The first-order valence-corrected chi connectivity index (χ1v) is 6.57. The minimum absolute atomic E-state index is 0.0840. The number of benzene rings is 1. The number of carbonyl (C=O) groups is 2. The van der Waals surface area contributed by atoms with E-state index < -0.39 is 11.9 Å². The van der Waals surface area contributed by atoms with Gasteiger partial charge in [0.2, 0.25) is 6.79 Å². The van der Waals surface area contributed by atoms with Gasteiger partial charge in [-0.2, -0.15) is 0 Å². The summed E-state index contributed by atoms with van der Waals surface area (Å²) in [6.07, 6.45) is -0.585. The molecule has 0 radical (unpaired) electrons. The molecule has 1 aromatic carbocycles. The molecule has 0 amide bonds. The average molecular weight is 330 g/mol. The number of fused-ring (bicyclic) bond motifs is 1. The van der Waals surface area contributed by atoms with Crippen LogP contribution in [-0.4, -0.2) is 34.7 Å². The molecule has 118 valence electrons. The van der Waals surface area contributed by atoms with E-state index in [0.29, 0.717) is 22.1 Å². The number of halogens is 1. The normalized spacial score (nSPS) is 13.0. The van der Waals surface area contributed by atoms with E-state index in [2.05, 4.69) is 5.16 Å². The Balaban J connectivity index is 2.00. The largest absolute Gasteiger partial charge is 0.481 e. The van der Waals surface area contributed by atoms with Gasteiger partial charge in [-0.25, -0.2) is 4.79 Å². The lowest BCUT2D eigenvalue weighted by Gasteiger charge is -2.06. The van der Waals surface area contributed by atoms with E-state index in [0.717, 1.165) is 0 Å². The van der Waals surface area contributed by atoms with Crippen molar-refractivity contribution in [3.63, 3.8) is 0 Å². The number of ether oxygens (including phenoxy) is 2. The third-order valence-electron chi connectivity index (χ3n) is 2.76. The van der Waals surface area contributed by atoms with Crippen molar-refractivity contribution in [3.05, 3.63) is 22.7 Å². The van der Waals surface area contributed by atoms with Crippen LogP contribution in [0.25, 0.3) is 0 Å². The summed E-state index contributed by atoms with van der Waals surface area (Å²) in [5.41, 5.74) is 0.164. The van der Waals surface area contributed by atoms with Crippen LogP contribution < -0.4 is 9.47 Å². The zero-order chi connectivity index (χ0) is 16.1. The fourth-order valence-electron chi connectivity index (χ4n) is 1.67. The molecular formula is C13H12ClNO7. The van der Waals surface area contributed by atoms with Crippen molar-refractivity contribution in [2.75, 3.05) is 6.79 Å². The molecule has 0 bridgehead atoms. The molecule has 8 nitrogen and oxygen atoms in total. The molecule has 1 aliphatic heterocycles. The van der Waals surface area contributed by atoms with Gasteiger partial charge in [0.1, 0.15) is 6.61 Å². The molecule has 0 aromatic heterocycles. The Morgan fingerprint density at radius 3 is 2.55 bits per heavy atom. The van der Waals surface area contributed by atoms with Gasteiger partial charge in [0.05, 0.1) is 11.4 Å². The summed E-state index contributed by atoms with van der Waals surface area (Å²) >= 11 is 6.03. The number of hydrogen-bond acceptors (Lipinski definition) is 6. The van der Waals surface area contributed by atoms with Crippen molar-refractivity contribution in [2.24, 2.45) is 5.16 Å². The first kappa shape index (κ1) is 15.9. The summed E-state index contributed by atoms with van der Waals surface area (Å²) in [6.45, 7) is 0.0196. The second kappa shape index (κ2) is 6.99. The number of rotatable bonds is 7. The average Bonchev–Trinajstić information content (AvgIpc) is 2.88. The van der Waals surface area contributed by atoms with Crippen molar-refractivity contribution in [1.29, 1.82) is 0 Å². The minimum atomic E-state index is -1.34. The van der Waals surface area contributed by atoms with Gasteiger partial charge in [-0.1, -0.05) is 16.8 Å². The zero-order valence-corrected chi connectivity index (χ0v) is 12.0. The summed E-state index contributed by atoms with van der Waals surface area (Å²) in [5.74, 6) is -1.42. The van der Waals surface area contributed by atoms with Gasteiger partial charge >= 0.3 is 11.9 Å². The molecule has 0 spiro atoms. The van der Waals surface area contributed by atoms with Crippen molar-refractivity contribution in [1.82, 2.24) is 0 Å². The summed E-state index contributed by atoms with van der Waals surface area (Å²) in [7, 11) is 0. The van der Waals surface area contributed by atoms with E-state index >= 15 is 0 Å². The van der Waals surface area contributed by atoms with Gasteiger partial charge in [-0.15, -0.1) is 0 Å². The molecule has 2 rings (SSSR count). The second-order valence-electron chi connectivity index (χ2n) is 4.31. The van der Waals surface area contributed by atoms with Crippen LogP contribution in [0.2, 0.25) is 5.02 Å². The monoisotopic (exact) mass is 329 g/mol. The predicted molar refractivity (Wildman–Crippen MR) is 74.3 cm³/mol. The summed E-state index contributed by atoms with van der Waals surface area (Å²) in [5, 5.41) is 21.3. The fourth-order valence-corrected chi connectivity index (χ4v) is 1.87. The second-order valence-corrected chi connectivity index (χ2v) is 4.71. The Hall–Kier alpha value is -2.48. The van der Waals surface area contributed by atoms with E-state index in [1.54, 1.807) is 12.1 Å². The highest BCUT2D eigenvalue weighted by atomic mass is 35.5. The quantitative estimate of drug-likeness (QED) is 0.579. The van der Waals surface area contributed by atoms with Gasteiger partial charge in [-0.3, -0.25) is 4.79 Å². The van der Waals surface area contributed by atoms with Gasteiger partial charge in [0, 0.05) is 18.1 Å². The standard InChI is InChI=1S/C13H12ClNO7/c14-8-4-11-10(20-6-21-11)3-7(8)5-22-15-9(13(18)19)1-2-12(16)17/h3-4H,1-2,5-6H2,(H,16,17)(H,18,19)/b15-9-. The molecule has 1 heterocycles. The Labute approximate surface area is 129 Å². The van der Waals surface area contributed by atoms with Crippen molar-refractivity contribution in [2.45, 2.75) is 19.4 Å². The minimum Gasteiger partial charge on any atom is -0.481 e. The molecule has 0 fully saturated rings. The predicted octanol–water partition coefficient (Wildman–Crippen LogP) is 1.89. The lowest BCUT2D eigenvalue weighted by Crippen LogP contribution is -2.15. The molecular weight excluding hydrogens is 318 g/mol. The first-order valence-electron chi connectivity index (χ1n) is 6.19. The summed E-state index contributed by atoms with van der Waals surface area (Å²) in [6, 6.07) is 3.17. The molecule has 0 atom stereocenters. The molecule has 0 unspecified atom stereocenters. The van der Waals surface area contributed by atoms with Gasteiger partial charge in [-0.05, 0) is 6.07 Å². The van der Waals surface area contributed by atoms with Crippen molar-refractivity contribution >= 4 is 29.3 Å². The number of aliphatic carboxylic acids is 2. The Kier molecular flexibility index (Phi) is 5.05. The Morgan fingerprint density at radius 1 is 1.23 bits per heavy atom. The maximum Gasteiger partial charge on any atom is 0.353 e. The number of carboxylic acids is 2. The summed E-state index contributed by atoms with van der Waals surface area (Å²) in [4.78, 5) is 26.3. The molecule has 0 aliphatic carbocycles. The molecule has 0 saturated heterocycles. The maximum atomic E-state index is 10.9. The van der Waals surface area contributed by atoms with Crippen LogP contribution in [0, 0.1) is 0 Å². The van der Waals surface area contributed by atoms with Gasteiger partial charge < -0.3 is 24.5 Å². The molecule has 2 N–H and O–H groups in total. The fraction of sp³-hybridized carbons (Fsp3) is 0.308. The first-order chi connectivity index (χ1) is 10.5. The smallest absolute Gasteiger partial charge is 0.353 e. The maximum absolute atomic E-state index is 10.9. The molecule has 1 aromatic rings. The highest BCUT2D eigenvalue weighted by molar-refractivity contribution is 6.35. The highest BCUT2D eigenvalue weighted by Gasteiger charge is 2.17. The van der Waals surface area contributed by atoms with E-state index in [9.17, 15) is 9.59 Å². The van der Waals surface area contributed by atoms with Crippen LogP contribution in [0.15, 0.2) is 17.3 Å². The van der Waals surface area contributed by atoms with E-state index in [4.69, 9.17) is 36.1 Å². The summed E-state index contributed by atoms with van der Waals surface area (Å²) < 4.78 is 10.3. The van der Waals surface area contributed by atoms with Crippen molar-refractivity contribution in [3.8, 4) is 11.5 Å². The SMILES string of the molecule is O=C(O)CC/C(=N/OCc1cc2c(cc1Cl)OCO2)C(=O)O. The van der Waals surface area contributed by atoms with Crippen LogP contribution in [0.3, 0.4) is 0 Å². The Morgan fingerprint density at radius 2 is 1.91 bits per heavy atom. The van der Waals surface area contributed by atoms with Crippen LogP contribution in [-0.2, 0) is 21.0 Å². The Bertz CT molecular complexity index is 629. The van der Waals surface area contributed by atoms with Crippen molar-refractivity contribution < 1.29 is 34.1 Å². The lowest BCUT2D eigenvalue weighted by atomic mass is 10.2. The number of hydrogen-bond donors (Lipinski definition) is 2. The molecule has 1 aliphatic rings. The van der Waals surface area contributed by atoms with Gasteiger partial charge in [0.25, 0.3) is 0 Å².